The van der Waals surface area contributed by atoms with Crippen molar-refractivity contribution < 1.29 is 18.7 Å². The molecule has 4 rings (SSSR count). The molecule has 7 nitrogen and oxygen atoms in total. The first kappa shape index (κ1) is 14.6. The molecule has 0 unspecified atom stereocenters. The van der Waals surface area contributed by atoms with Crippen LogP contribution in [0.25, 0.3) is 11.6 Å². The molecule has 2 aromatic heterocycles. The molecule has 0 amide bonds. The summed E-state index contributed by atoms with van der Waals surface area (Å²) in [6.45, 7) is 4.63. The van der Waals surface area contributed by atoms with Crippen molar-refractivity contribution in [3.05, 3.63) is 35.8 Å². The molecule has 2 aliphatic heterocycles. The second-order valence-corrected chi connectivity index (χ2v) is 5.87. The third-order valence-corrected chi connectivity index (χ3v) is 4.47. The number of nitrogens with zero attached hydrogens (tertiary/aromatic N) is 3. The summed E-state index contributed by atoms with van der Waals surface area (Å²) in [6.07, 6.45) is 2.67. The fourth-order valence-electron chi connectivity index (χ4n) is 2.98. The summed E-state index contributed by atoms with van der Waals surface area (Å²) in [7, 11) is 0. The highest BCUT2D eigenvalue weighted by Crippen LogP contribution is 2.33. The Morgan fingerprint density at radius 3 is 3.13 bits per heavy atom. The first-order chi connectivity index (χ1) is 11.2. The number of rotatable bonds is 4. The third-order valence-electron chi connectivity index (χ3n) is 4.07. The summed E-state index contributed by atoms with van der Waals surface area (Å²) < 4.78 is 20.4. The largest absolute Gasteiger partial charge is 0.461 e. The average Bonchev–Trinajstić information content (AvgIpc) is 3.25. The molecule has 2 bridgehead atoms. The van der Waals surface area contributed by atoms with Crippen LogP contribution < -0.4 is 0 Å². The first-order valence-electron chi connectivity index (χ1n) is 7.33. The smallest absolute Gasteiger partial charge is 0.218 e. The van der Waals surface area contributed by atoms with Gasteiger partial charge in [-0.05, 0) is 24.4 Å². The summed E-state index contributed by atoms with van der Waals surface area (Å²) in [5, 5.41) is 4.59. The number of carbonyl (C=O) groups excluding carboxylic acids is 1. The van der Waals surface area contributed by atoms with E-state index in [-0.39, 0.29) is 17.9 Å². The number of carbonyl (C=O) groups is 1. The second kappa shape index (κ2) is 5.55. The molecule has 2 fully saturated rings. The Morgan fingerprint density at radius 1 is 1.52 bits per heavy atom. The number of fused-ring (bicyclic) bond motifs is 2. The molecule has 8 heteroatoms. The summed E-state index contributed by atoms with van der Waals surface area (Å²) >= 11 is 5.55. The topological polar surface area (TPSA) is 71.4 Å². The molecule has 0 spiro atoms. The van der Waals surface area contributed by atoms with Gasteiger partial charge in [0.1, 0.15) is 6.10 Å². The lowest BCUT2D eigenvalue weighted by Crippen LogP contribution is -2.37. The maximum atomic E-state index is 12.0. The lowest BCUT2D eigenvalue weighted by molar-refractivity contribution is -0.156. The molecular weight excluding hydrogens is 318 g/mol. The van der Waals surface area contributed by atoms with Gasteiger partial charge < -0.3 is 13.9 Å². The molecule has 120 valence electrons. The summed E-state index contributed by atoms with van der Waals surface area (Å²) in [6, 6.07) is 3.34. The fourth-order valence-corrected chi connectivity index (χ4v) is 3.32. The van der Waals surface area contributed by atoms with Crippen LogP contribution in [0.15, 0.2) is 35.5 Å². The lowest BCUT2D eigenvalue weighted by Gasteiger charge is -2.26. The van der Waals surface area contributed by atoms with Gasteiger partial charge in [0.25, 0.3) is 0 Å². The molecule has 0 N–H and O–H groups in total. The Labute approximate surface area is 137 Å². The lowest BCUT2D eigenvalue weighted by atomic mass is 10.0. The van der Waals surface area contributed by atoms with E-state index in [2.05, 4.69) is 11.7 Å². The Hall–Kier alpha value is -2.03. The van der Waals surface area contributed by atoms with E-state index in [1.165, 1.54) is 0 Å². The van der Waals surface area contributed by atoms with E-state index in [0.29, 0.717) is 35.9 Å². The molecule has 0 aliphatic carbocycles. The number of hydrogen-bond donors (Lipinski definition) is 0. The first-order valence-corrected chi connectivity index (χ1v) is 7.73. The number of ether oxygens (including phenoxy) is 2. The van der Waals surface area contributed by atoms with Gasteiger partial charge in [-0.2, -0.15) is 0 Å². The number of Topliss-reactive ketones (excluding diaryl/α,β-unsaturated/α-hetero) is 1. The van der Waals surface area contributed by atoms with E-state index in [9.17, 15) is 4.79 Å². The normalized spacial score (nSPS) is 26.6. The van der Waals surface area contributed by atoms with Crippen LogP contribution in [0, 0.1) is 4.77 Å². The highest BCUT2D eigenvalue weighted by molar-refractivity contribution is 7.71. The van der Waals surface area contributed by atoms with Gasteiger partial charge in [-0.3, -0.25) is 9.36 Å². The van der Waals surface area contributed by atoms with Crippen LogP contribution in [-0.4, -0.2) is 39.1 Å². The zero-order chi connectivity index (χ0) is 16.0. The van der Waals surface area contributed by atoms with E-state index >= 15 is 0 Å². The SMILES string of the molecule is C=CCn1c(-c2ccco2)nn([C@H]2CC(=O)[C@@H]3OC[C@H]2O3)c1=S. The third kappa shape index (κ3) is 2.30. The van der Waals surface area contributed by atoms with Crippen molar-refractivity contribution >= 4 is 18.0 Å². The number of furan rings is 1. The van der Waals surface area contributed by atoms with E-state index < -0.39 is 6.29 Å². The van der Waals surface area contributed by atoms with Gasteiger partial charge in [-0.15, -0.1) is 11.7 Å². The molecule has 0 radical (unpaired) electrons. The van der Waals surface area contributed by atoms with Crippen molar-refractivity contribution in [2.75, 3.05) is 6.61 Å². The van der Waals surface area contributed by atoms with Gasteiger partial charge in [0.05, 0.1) is 18.9 Å². The van der Waals surface area contributed by atoms with Crippen LogP contribution in [0.1, 0.15) is 12.5 Å². The Morgan fingerprint density at radius 2 is 2.39 bits per heavy atom. The Kier molecular flexibility index (Phi) is 3.51. The Bertz CT molecular complexity index is 807. The monoisotopic (exact) mass is 333 g/mol. The van der Waals surface area contributed by atoms with Gasteiger partial charge in [0.15, 0.2) is 22.1 Å². The van der Waals surface area contributed by atoms with Gasteiger partial charge in [-0.1, -0.05) is 6.08 Å². The maximum Gasteiger partial charge on any atom is 0.218 e. The van der Waals surface area contributed by atoms with Gasteiger partial charge in [-0.25, -0.2) is 4.68 Å². The summed E-state index contributed by atoms with van der Waals surface area (Å²) in [4.78, 5) is 12.0. The zero-order valence-corrected chi connectivity index (χ0v) is 13.1. The van der Waals surface area contributed by atoms with Gasteiger partial charge in [0.2, 0.25) is 6.29 Å². The van der Waals surface area contributed by atoms with Crippen molar-refractivity contribution in [2.45, 2.75) is 31.4 Å². The van der Waals surface area contributed by atoms with E-state index in [1.807, 2.05) is 10.6 Å². The minimum atomic E-state index is -0.731. The predicted molar refractivity (Wildman–Crippen MR) is 82.2 cm³/mol. The molecule has 3 atom stereocenters. The van der Waals surface area contributed by atoms with Crippen LogP contribution >= 0.6 is 12.2 Å². The molecule has 4 heterocycles. The molecule has 0 saturated carbocycles. The maximum absolute atomic E-state index is 12.0. The summed E-state index contributed by atoms with van der Waals surface area (Å²) in [5.41, 5.74) is 0. The van der Waals surface area contributed by atoms with Gasteiger partial charge in [0, 0.05) is 13.0 Å². The predicted octanol–water partition coefficient (Wildman–Crippen LogP) is 2.12. The van der Waals surface area contributed by atoms with Gasteiger partial charge >= 0.3 is 0 Å². The number of aromatic nitrogens is 3. The molecular formula is C15H15N3O4S. The fraction of sp³-hybridized carbons (Fsp3) is 0.400. The van der Waals surface area contributed by atoms with Crippen LogP contribution in [0.2, 0.25) is 0 Å². The van der Waals surface area contributed by atoms with Crippen molar-refractivity contribution in [2.24, 2.45) is 0 Å². The van der Waals surface area contributed by atoms with Crippen molar-refractivity contribution in [1.82, 2.24) is 14.3 Å². The average molecular weight is 333 g/mol. The van der Waals surface area contributed by atoms with Crippen LogP contribution in [0.5, 0.6) is 0 Å². The second-order valence-electron chi connectivity index (χ2n) is 5.50. The zero-order valence-electron chi connectivity index (χ0n) is 12.3. The molecule has 0 aromatic carbocycles. The molecule has 2 aromatic rings. The van der Waals surface area contributed by atoms with Crippen LogP contribution in [-0.2, 0) is 20.8 Å². The number of ketones is 1. The number of hydrogen-bond acceptors (Lipinski definition) is 6. The van der Waals surface area contributed by atoms with E-state index in [4.69, 9.17) is 26.1 Å². The summed E-state index contributed by atoms with van der Waals surface area (Å²) in [5.74, 6) is 1.14. The van der Waals surface area contributed by atoms with Crippen LogP contribution in [0.3, 0.4) is 0 Å². The quantitative estimate of drug-likeness (QED) is 0.630. The molecule has 2 aliphatic rings. The minimum absolute atomic E-state index is 0.0801. The van der Waals surface area contributed by atoms with Crippen molar-refractivity contribution in [3.63, 3.8) is 0 Å². The highest BCUT2D eigenvalue weighted by atomic mass is 32.1. The molecule has 2 saturated heterocycles. The minimum Gasteiger partial charge on any atom is -0.461 e. The highest BCUT2D eigenvalue weighted by Gasteiger charge is 2.45. The van der Waals surface area contributed by atoms with Crippen LogP contribution in [0.4, 0.5) is 0 Å². The standard InChI is InChI=1S/C15H15N3O4S/c1-2-5-17-13(11-4-3-6-20-11)16-18(15(17)23)9-7-10(19)14-21-8-12(9)22-14/h2-4,6,9,12,14H,1,5,7-8H2/t9-,12+,14+/m0/s1. The molecule has 23 heavy (non-hydrogen) atoms. The van der Waals surface area contributed by atoms with Crippen molar-refractivity contribution in [1.29, 1.82) is 0 Å². The van der Waals surface area contributed by atoms with Crippen molar-refractivity contribution in [3.8, 4) is 11.6 Å². The number of allylic oxidation sites excluding steroid dienone is 1. The van der Waals surface area contributed by atoms with E-state index in [0.717, 1.165) is 0 Å². The Balaban J connectivity index is 1.80. The van der Waals surface area contributed by atoms with E-state index in [1.54, 1.807) is 23.1 Å².